The van der Waals surface area contributed by atoms with Gasteiger partial charge in [0.1, 0.15) is 11.8 Å². The molecule has 3 amide bonds. The molecule has 3 heterocycles. The number of ether oxygens (including phenoxy) is 2. The molecule has 2 saturated heterocycles. The number of fused-ring (bicyclic) bond motifs is 1. The number of rotatable bonds is 6. The van der Waals surface area contributed by atoms with Crippen molar-refractivity contribution in [3.8, 4) is 5.75 Å². The van der Waals surface area contributed by atoms with E-state index in [9.17, 15) is 22.8 Å². The second-order valence-corrected chi connectivity index (χ2v) is 13.0. The van der Waals surface area contributed by atoms with E-state index in [4.69, 9.17) is 9.47 Å². The van der Waals surface area contributed by atoms with Crippen molar-refractivity contribution in [2.24, 2.45) is 0 Å². The molecule has 2 fully saturated rings. The van der Waals surface area contributed by atoms with Crippen LogP contribution in [0.5, 0.6) is 5.75 Å². The summed E-state index contributed by atoms with van der Waals surface area (Å²) in [6, 6.07) is 19.4. The molecule has 3 aliphatic rings. The Balaban J connectivity index is 1.21. The minimum absolute atomic E-state index is 0.0506. The minimum atomic E-state index is -4.08. The lowest BCUT2D eigenvalue weighted by Gasteiger charge is -2.43. The standard InChI is InChI=1S/C32H35N5O7S/c1-43-31(39)23-7-9-25(10-8-23)33-32(40)36-18-19-37(45(41,42)27-11-12-29-24(21-27)13-20-44-29)28(22-36)30(38)35-16-14-34(15-17-35)26-5-3-2-4-6-26/h2-12,21,28H,13-20,22H2,1H3,(H,33,40). The van der Waals surface area contributed by atoms with Gasteiger partial charge < -0.3 is 29.5 Å². The number of hydrogen-bond acceptors (Lipinski definition) is 8. The molecular formula is C32H35N5O7S. The predicted molar refractivity (Wildman–Crippen MR) is 167 cm³/mol. The number of carbonyl (C=O) groups excluding carboxylic acids is 3. The van der Waals surface area contributed by atoms with Gasteiger partial charge in [0.25, 0.3) is 0 Å². The Labute approximate surface area is 262 Å². The smallest absolute Gasteiger partial charge is 0.337 e. The molecule has 1 unspecified atom stereocenters. The molecule has 13 heteroatoms. The van der Waals surface area contributed by atoms with Crippen molar-refractivity contribution in [1.29, 1.82) is 0 Å². The van der Waals surface area contributed by atoms with Gasteiger partial charge in [0.05, 0.1) is 24.2 Å². The Bertz CT molecular complexity index is 1680. The number of para-hydroxylation sites is 1. The summed E-state index contributed by atoms with van der Waals surface area (Å²) in [6.45, 7) is 2.47. The number of nitrogens with one attached hydrogen (secondary N) is 1. The van der Waals surface area contributed by atoms with Crippen molar-refractivity contribution in [2.45, 2.75) is 17.4 Å². The maximum atomic E-state index is 14.1. The highest BCUT2D eigenvalue weighted by Crippen LogP contribution is 2.31. The Kier molecular flexibility index (Phi) is 8.63. The number of urea groups is 1. The van der Waals surface area contributed by atoms with Gasteiger partial charge in [-0.25, -0.2) is 18.0 Å². The van der Waals surface area contributed by atoms with E-state index in [-0.39, 0.29) is 30.4 Å². The summed E-state index contributed by atoms with van der Waals surface area (Å²) >= 11 is 0. The molecule has 3 aromatic carbocycles. The molecule has 1 N–H and O–H groups in total. The molecule has 0 radical (unpaired) electrons. The topological polar surface area (TPSA) is 129 Å². The van der Waals surface area contributed by atoms with E-state index in [2.05, 4.69) is 10.2 Å². The van der Waals surface area contributed by atoms with Crippen LogP contribution in [0.25, 0.3) is 0 Å². The van der Waals surface area contributed by atoms with Gasteiger partial charge in [-0.05, 0) is 60.2 Å². The zero-order valence-electron chi connectivity index (χ0n) is 24.9. The molecule has 236 valence electrons. The Hall–Kier alpha value is -4.62. The zero-order valence-corrected chi connectivity index (χ0v) is 25.7. The van der Waals surface area contributed by atoms with Crippen LogP contribution < -0.4 is 15.0 Å². The molecule has 3 aromatic rings. The molecule has 0 saturated carbocycles. The number of benzene rings is 3. The number of esters is 1. The van der Waals surface area contributed by atoms with Gasteiger partial charge in [-0.3, -0.25) is 4.79 Å². The van der Waals surface area contributed by atoms with Crippen LogP contribution in [0.2, 0.25) is 0 Å². The van der Waals surface area contributed by atoms with Crippen LogP contribution in [0.15, 0.2) is 77.7 Å². The summed E-state index contributed by atoms with van der Waals surface area (Å²) in [4.78, 5) is 44.7. The summed E-state index contributed by atoms with van der Waals surface area (Å²) < 4.78 is 39.6. The van der Waals surface area contributed by atoms with Crippen LogP contribution in [0.1, 0.15) is 15.9 Å². The van der Waals surface area contributed by atoms with Crippen LogP contribution in [0, 0.1) is 0 Å². The van der Waals surface area contributed by atoms with Gasteiger partial charge >= 0.3 is 12.0 Å². The van der Waals surface area contributed by atoms with Gasteiger partial charge in [-0.1, -0.05) is 18.2 Å². The summed E-state index contributed by atoms with van der Waals surface area (Å²) in [5.41, 5.74) is 2.66. The molecule has 3 aliphatic heterocycles. The minimum Gasteiger partial charge on any atom is -0.493 e. The van der Waals surface area contributed by atoms with Crippen LogP contribution in [-0.2, 0) is 26.0 Å². The van der Waals surface area contributed by atoms with E-state index in [0.29, 0.717) is 56.2 Å². The van der Waals surface area contributed by atoms with Crippen molar-refractivity contribution in [3.05, 3.63) is 83.9 Å². The van der Waals surface area contributed by atoms with Crippen LogP contribution >= 0.6 is 0 Å². The highest BCUT2D eigenvalue weighted by Gasteiger charge is 2.43. The number of anilines is 2. The number of amides is 3. The average Bonchev–Trinajstić information content (AvgIpc) is 3.56. The molecule has 0 aromatic heterocycles. The average molecular weight is 634 g/mol. The monoisotopic (exact) mass is 633 g/mol. The molecule has 6 rings (SSSR count). The maximum absolute atomic E-state index is 14.1. The Morgan fingerprint density at radius 2 is 1.58 bits per heavy atom. The molecular weight excluding hydrogens is 598 g/mol. The number of nitrogens with zero attached hydrogens (tertiary/aromatic N) is 4. The lowest BCUT2D eigenvalue weighted by molar-refractivity contribution is -0.137. The summed E-state index contributed by atoms with van der Waals surface area (Å²) in [5, 5.41) is 2.79. The third-order valence-corrected chi connectivity index (χ3v) is 10.3. The van der Waals surface area contributed by atoms with Gasteiger partial charge in [-0.2, -0.15) is 4.31 Å². The fourth-order valence-electron chi connectivity index (χ4n) is 5.94. The highest BCUT2D eigenvalue weighted by atomic mass is 32.2. The normalized spacial score (nSPS) is 18.6. The Morgan fingerprint density at radius 3 is 2.29 bits per heavy atom. The predicted octanol–water partition coefficient (Wildman–Crippen LogP) is 2.66. The van der Waals surface area contributed by atoms with Crippen molar-refractivity contribution in [2.75, 3.05) is 69.7 Å². The SMILES string of the molecule is COC(=O)c1ccc(NC(=O)N2CCN(S(=O)(=O)c3ccc4c(c3)CCO4)C(C(=O)N3CCN(c4ccccc4)CC3)C2)cc1. The summed E-state index contributed by atoms with van der Waals surface area (Å²) in [6.07, 6.45) is 0.612. The fraction of sp³-hybridized carbons (Fsp3) is 0.344. The quantitative estimate of drug-likeness (QED) is 0.411. The first-order chi connectivity index (χ1) is 21.7. The van der Waals surface area contributed by atoms with Gasteiger partial charge in [-0.15, -0.1) is 0 Å². The van der Waals surface area contributed by atoms with Gasteiger partial charge in [0.2, 0.25) is 15.9 Å². The van der Waals surface area contributed by atoms with Crippen LogP contribution in [-0.4, -0.2) is 106 Å². The Morgan fingerprint density at radius 1 is 0.867 bits per heavy atom. The van der Waals surface area contributed by atoms with Crippen molar-refractivity contribution >= 4 is 39.3 Å². The third-order valence-electron chi connectivity index (χ3n) is 8.44. The van der Waals surface area contributed by atoms with E-state index < -0.39 is 28.1 Å². The lowest BCUT2D eigenvalue weighted by Crippen LogP contribution is -2.63. The van der Waals surface area contributed by atoms with E-state index >= 15 is 0 Å². The molecule has 1 atom stereocenters. The van der Waals surface area contributed by atoms with Gasteiger partial charge in [0, 0.05) is 63.6 Å². The van der Waals surface area contributed by atoms with Crippen molar-refractivity contribution in [1.82, 2.24) is 14.1 Å². The number of sulfonamides is 1. The van der Waals surface area contributed by atoms with Crippen molar-refractivity contribution in [3.63, 3.8) is 0 Å². The first kappa shape index (κ1) is 30.4. The number of carbonyl (C=O) groups is 3. The molecule has 0 spiro atoms. The van der Waals surface area contributed by atoms with Crippen molar-refractivity contribution < 1.29 is 32.3 Å². The third kappa shape index (κ3) is 6.31. The molecule has 0 aliphatic carbocycles. The maximum Gasteiger partial charge on any atom is 0.337 e. The number of hydrogen-bond donors (Lipinski definition) is 1. The van der Waals surface area contributed by atoms with Crippen LogP contribution in [0.3, 0.4) is 0 Å². The van der Waals surface area contributed by atoms with E-state index in [1.54, 1.807) is 29.2 Å². The van der Waals surface area contributed by atoms with Gasteiger partial charge in [0.15, 0.2) is 0 Å². The molecule has 45 heavy (non-hydrogen) atoms. The largest absolute Gasteiger partial charge is 0.493 e. The molecule has 12 nitrogen and oxygen atoms in total. The van der Waals surface area contributed by atoms with Crippen LogP contribution in [0.4, 0.5) is 16.2 Å². The van der Waals surface area contributed by atoms with E-state index in [1.165, 1.54) is 34.5 Å². The molecule has 0 bridgehead atoms. The number of methoxy groups -OCH3 is 1. The first-order valence-corrected chi connectivity index (χ1v) is 16.3. The fourth-order valence-corrected chi connectivity index (χ4v) is 7.56. The second-order valence-electron chi connectivity index (χ2n) is 11.1. The second kappa shape index (κ2) is 12.8. The highest BCUT2D eigenvalue weighted by molar-refractivity contribution is 7.89. The van der Waals surface area contributed by atoms with E-state index in [0.717, 1.165) is 11.3 Å². The number of piperazine rings is 2. The summed E-state index contributed by atoms with van der Waals surface area (Å²) in [7, 11) is -2.79. The first-order valence-electron chi connectivity index (χ1n) is 14.9. The lowest BCUT2D eigenvalue weighted by atomic mass is 10.1. The van der Waals surface area contributed by atoms with E-state index in [1.807, 2.05) is 30.3 Å². The zero-order chi connectivity index (χ0) is 31.6. The summed E-state index contributed by atoms with van der Waals surface area (Å²) in [5.74, 6) is -0.165.